The molecule has 0 spiro atoms. The van der Waals surface area contributed by atoms with Crippen LogP contribution in [0.2, 0.25) is 0 Å². The number of likely N-dealkylation sites (tertiary alicyclic amines) is 1. The molecule has 0 radical (unpaired) electrons. The molecule has 0 aliphatic carbocycles. The van der Waals surface area contributed by atoms with Crippen LogP contribution in [0, 0.1) is 5.92 Å². The molecule has 1 saturated heterocycles. The Morgan fingerprint density at radius 3 is 2.77 bits per heavy atom. The summed E-state index contributed by atoms with van der Waals surface area (Å²) < 4.78 is 0. The van der Waals surface area contributed by atoms with Crippen LogP contribution in [0.1, 0.15) is 39.5 Å². The van der Waals surface area contributed by atoms with Crippen LogP contribution >= 0.6 is 0 Å². The molecular weight excluding hydrogens is 162 g/mol. The summed E-state index contributed by atoms with van der Waals surface area (Å²) in [5.41, 5.74) is 0. The van der Waals surface area contributed by atoms with Crippen molar-refractivity contribution in [1.29, 1.82) is 0 Å². The molecule has 2 nitrogen and oxygen atoms in total. The second kappa shape index (κ2) is 5.61. The molecule has 0 aromatic carbocycles. The van der Waals surface area contributed by atoms with Gasteiger partial charge in [-0.25, -0.2) is 0 Å². The van der Waals surface area contributed by atoms with Gasteiger partial charge in [-0.3, -0.25) is 0 Å². The third-order valence-corrected chi connectivity index (χ3v) is 2.97. The summed E-state index contributed by atoms with van der Waals surface area (Å²) in [6.07, 6.45) is 4.85. The molecule has 1 rings (SSSR count). The molecule has 1 N–H and O–H groups in total. The van der Waals surface area contributed by atoms with Gasteiger partial charge in [0.05, 0.1) is 6.10 Å². The zero-order valence-corrected chi connectivity index (χ0v) is 9.00. The summed E-state index contributed by atoms with van der Waals surface area (Å²) in [4.78, 5) is 2.39. The Morgan fingerprint density at radius 1 is 1.46 bits per heavy atom. The van der Waals surface area contributed by atoms with Gasteiger partial charge in [0.15, 0.2) is 0 Å². The maximum absolute atomic E-state index is 9.33. The number of aliphatic hydroxyl groups excluding tert-OH is 1. The summed E-state index contributed by atoms with van der Waals surface area (Å²) in [6, 6.07) is 0. The standard InChI is InChI=1S/C11H23NO/c1-3-4-10(2)5-7-12-8-6-11(13)9-12/h10-11,13H,3-9H2,1-2H3. The Bertz CT molecular complexity index is 138. The van der Waals surface area contributed by atoms with E-state index in [0.717, 1.165) is 25.4 Å². The van der Waals surface area contributed by atoms with Crippen molar-refractivity contribution in [2.24, 2.45) is 5.92 Å². The lowest BCUT2D eigenvalue weighted by molar-refractivity contribution is 0.174. The Morgan fingerprint density at radius 2 is 2.23 bits per heavy atom. The van der Waals surface area contributed by atoms with E-state index in [-0.39, 0.29) is 6.10 Å². The highest BCUT2D eigenvalue weighted by Gasteiger charge is 2.19. The largest absolute Gasteiger partial charge is 0.392 e. The lowest BCUT2D eigenvalue weighted by Crippen LogP contribution is -2.24. The molecule has 1 heterocycles. The van der Waals surface area contributed by atoms with Gasteiger partial charge in [0.25, 0.3) is 0 Å². The summed E-state index contributed by atoms with van der Waals surface area (Å²) in [5.74, 6) is 0.850. The van der Waals surface area contributed by atoms with Crippen molar-refractivity contribution in [3.63, 3.8) is 0 Å². The minimum Gasteiger partial charge on any atom is -0.392 e. The van der Waals surface area contributed by atoms with Crippen molar-refractivity contribution >= 4 is 0 Å². The van der Waals surface area contributed by atoms with Crippen molar-refractivity contribution < 1.29 is 5.11 Å². The molecule has 13 heavy (non-hydrogen) atoms. The number of nitrogens with zero attached hydrogens (tertiary/aromatic N) is 1. The van der Waals surface area contributed by atoms with Gasteiger partial charge in [-0.2, -0.15) is 0 Å². The lowest BCUT2D eigenvalue weighted by Gasteiger charge is -2.17. The topological polar surface area (TPSA) is 23.5 Å². The number of rotatable bonds is 5. The average molecular weight is 185 g/mol. The van der Waals surface area contributed by atoms with E-state index in [1.165, 1.54) is 25.8 Å². The summed E-state index contributed by atoms with van der Waals surface area (Å²) in [6.45, 7) is 7.75. The van der Waals surface area contributed by atoms with E-state index in [0.29, 0.717) is 0 Å². The number of hydrogen-bond acceptors (Lipinski definition) is 2. The molecule has 2 unspecified atom stereocenters. The first-order valence-electron chi connectivity index (χ1n) is 5.62. The van der Waals surface area contributed by atoms with Crippen LogP contribution in [0.5, 0.6) is 0 Å². The first kappa shape index (κ1) is 11.0. The van der Waals surface area contributed by atoms with E-state index in [1.54, 1.807) is 0 Å². The van der Waals surface area contributed by atoms with Crippen LogP contribution in [-0.4, -0.2) is 35.7 Å². The van der Waals surface area contributed by atoms with Crippen molar-refractivity contribution in [2.45, 2.75) is 45.6 Å². The van der Waals surface area contributed by atoms with Gasteiger partial charge in [-0.1, -0.05) is 26.7 Å². The van der Waals surface area contributed by atoms with Crippen LogP contribution in [0.4, 0.5) is 0 Å². The van der Waals surface area contributed by atoms with Gasteiger partial charge in [-0.15, -0.1) is 0 Å². The van der Waals surface area contributed by atoms with E-state index in [2.05, 4.69) is 18.7 Å². The molecule has 0 bridgehead atoms. The second-order valence-electron chi connectivity index (χ2n) is 4.43. The molecule has 1 fully saturated rings. The lowest BCUT2D eigenvalue weighted by atomic mass is 10.0. The number of aliphatic hydroxyl groups is 1. The molecule has 0 aromatic rings. The summed E-state index contributed by atoms with van der Waals surface area (Å²) in [5, 5.41) is 9.33. The minimum atomic E-state index is -0.0542. The van der Waals surface area contributed by atoms with Gasteiger partial charge in [0, 0.05) is 13.1 Å². The monoisotopic (exact) mass is 185 g/mol. The summed E-state index contributed by atoms with van der Waals surface area (Å²) >= 11 is 0. The van der Waals surface area contributed by atoms with Crippen LogP contribution in [0.25, 0.3) is 0 Å². The zero-order chi connectivity index (χ0) is 9.68. The van der Waals surface area contributed by atoms with Crippen LogP contribution in [0.15, 0.2) is 0 Å². The minimum absolute atomic E-state index is 0.0542. The molecule has 0 aromatic heterocycles. The Hall–Kier alpha value is -0.0800. The molecule has 1 aliphatic rings. The van der Waals surface area contributed by atoms with E-state index in [1.807, 2.05) is 0 Å². The maximum atomic E-state index is 9.33. The van der Waals surface area contributed by atoms with Gasteiger partial charge >= 0.3 is 0 Å². The molecular formula is C11H23NO. The Kier molecular flexibility index (Phi) is 4.74. The third-order valence-electron chi connectivity index (χ3n) is 2.97. The highest BCUT2D eigenvalue weighted by molar-refractivity contribution is 4.74. The van der Waals surface area contributed by atoms with Gasteiger partial charge < -0.3 is 10.0 Å². The third kappa shape index (κ3) is 4.10. The second-order valence-corrected chi connectivity index (χ2v) is 4.43. The Labute approximate surface area is 81.9 Å². The normalized spacial score (nSPS) is 26.5. The maximum Gasteiger partial charge on any atom is 0.0679 e. The van der Waals surface area contributed by atoms with Crippen LogP contribution in [-0.2, 0) is 0 Å². The first-order valence-corrected chi connectivity index (χ1v) is 5.62. The predicted octanol–water partition coefficient (Wildman–Crippen LogP) is 1.88. The van der Waals surface area contributed by atoms with Crippen molar-refractivity contribution in [2.75, 3.05) is 19.6 Å². The molecule has 1 aliphatic heterocycles. The highest BCUT2D eigenvalue weighted by atomic mass is 16.3. The van der Waals surface area contributed by atoms with E-state index in [9.17, 15) is 5.11 Å². The number of β-amino-alcohol motifs (C(OH)–C–C–N with tert-alkyl or cyclic N) is 1. The smallest absolute Gasteiger partial charge is 0.0679 e. The first-order chi connectivity index (χ1) is 6.22. The molecule has 2 heteroatoms. The van der Waals surface area contributed by atoms with Gasteiger partial charge in [-0.05, 0) is 25.3 Å². The van der Waals surface area contributed by atoms with Crippen LogP contribution < -0.4 is 0 Å². The van der Waals surface area contributed by atoms with Gasteiger partial charge in [0.1, 0.15) is 0 Å². The van der Waals surface area contributed by atoms with E-state index in [4.69, 9.17) is 0 Å². The fourth-order valence-electron chi connectivity index (χ4n) is 2.06. The fourth-order valence-corrected chi connectivity index (χ4v) is 2.06. The van der Waals surface area contributed by atoms with Crippen molar-refractivity contribution in [3.8, 4) is 0 Å². The zero-order valence-electron chi connectivity index (χ0n) is 9.00. The molecule has 2 atom stereocenters. The SMILES string of the molecule is CCCC(C)CCN1CCC(O)C1. The van der Waals surface area contributed by atoms with Crippen molar-refractivity contribution in [3.05, 3.63) is 0 Å². The van der Waals surface area contributed by atoms with E-state index >= 15 is 0 Å². The van der Waals surface area contributed by atoms with Crippen LogP contribution in [0.3, 0.4) is 0 Å². The van der Waals surface area contributed by atoms with Crippen molar-refractivity contribution in [1.82, 2.24) is 4.90 Å². The molecule has 78 valence electrons. The Balaban J connectivity index is 2.05. The fraction of sp³-hybridized carbons (Fsp3) is 1.00. The average Bonchev–Trinajstić information content (AvgIpc) is 2.49. The van der Waals surface area contributed by atoms with E-state index < -0.39 is 0 Å². The number of hydrogen-bond donors (Lipinski definition) is 1. The van der Waals surface area contributed by atoms with Gasteiger partial charge in [0.2, 0.25) is 0 Å². The predicted molar refractivity (Wildman–Crippen MR) is 55.8 cm³/mol. The molecule has 0 amide bonds. The highest BCUT2D eigenvalue weighted by Crippen LogP contribution is 2.14. The quantitative estimate of drug-likeness (QED) is 0.707. The molecule has 0 saturated carbocycles. The summed E-state index contributed by atoms with van der Waals surface area (Å²) in [7, 11) is 0.